The molecule has 1 aliphatic rings. The molecule has 0 aliphatic heterocycles. The third-order valence-corrected chi connectivity index (χ3v) is 3.70. The van der Waals surface area contributed by atoms with Crippen LogP contribution >= 0.6 is 0 Å². The molecule has 20 heavy (non-hydrogen) atoms. The SMILES string of the molecule is CCOC1CC(Nc2cccc(-c3nncn3C)c2)C1. The Morgan fingerprint density at radius 1 is 1.40 bits per heavy atom. The van der Waals surface area contributed by atoms with Gasteiger partial charge in [0.15, 0.2) is 5.82 Å². The zero-order valence-electron chi connectivity index (χ0n) is 11.9. The van der Waals surface area contributed by atoms with E-state index in [1.54, 1.807) is 6.33 Å². The molecule has 3 rings (SSSR count). The van der Waals surface area contributed by atoms with E-state index in [0.29, 0.717) is 12.1 Å². The second-order valence-electron chi connectivity index (χ2n) is 5.24. The molecule has 5 nitrogen and oxygen atoms in total. The van der Waals surface area contributed by atoms with Crippen molar-refractivity contribution in [3.63, 3.8) is 0 Å². The number of nitrogens with zero attached hydrogens (tertiary/aromatic N) is 3. The fraction of sp³-hybridized carbons (Fsp3) is 0.467. The molecule has 2 aromatic rings. The van der Waals surface area contributed by atoms with E-state index in [0.717, 1.165) is 36.5 Å². The van der Waals surface area contributed by atoms with E-state index in [1.165, 1.54) is 0 Å². The minimum atomic E-state index is 0.430. The number of aromatic nitrogens is 3. The molecule has 1 N–H and O–H groups in total. The van der Waals surface area contributed by atoms with Crippen LogP contribution in [0.5, 0.6) is 0 Å². The third kappa shape index (κ3) is 2.67. The van der Waals surface area contributed by atoms with Gasteiger partial charge in [0.1, 0.15) is 6.33 Å². The highest BCUT2D eigenvalue weighted by atomic mass is 16.5. The third-order valence-electron chi connectivity index (χ3n) is 3.70. The first-order valence-corrected chi connectivity index (χ1v) is 7.09. The highest BCUT2D eigenvalue weighted by Gasteiger charge is 2.29. The fourth-order valence-corrected chi connectivity index (χ4v) is 2.58. The molecular weight excluding hydrogens is 252 g/mol. The summed E-state index contributed by atoms with van der Waals surface area (Å²) in [7, 11) is 1.95. The van der Waals surface area contributed by atoms with Gasteiger partial charge in [-0.2, -0.15) is 0 Å². The Kier molecular flexibility index (Phi) is 3.69. The van der Waals surface area contributed by atoms with Crippen LogP contribution in [0, 0.1) is 0 Å². The molecule has 0 radical (unpaired) electrons. The van der Waals surface area contributed by atoms with E-state index in [-0.39, 0.29) is 0 Å². The van der Waals surface area contributed by atoms with Crippen molar-refractivity contribution in [1.29, 1.82) is 0 Å². The maximum Gasteiger partial charge on any atom is 0.163 e. The van der Waals surface area contributed by atoms with Gasteiger partial charge in [-0.1, -0.05) is 12.1 Å². The summed E-state index contributed by atoms with van der Waals surface area (Å²) >= 11 is 0. The Hall–Kier alpha value is -1.88. The fourth-order valence-electron chi connectivity index (χ4n) is 2.58. The van der Waals surface area contributed by atoms with Gasteiger partial charge in [0.05, 0.1) is 6.10 Å². The molecule has 5 heteroatoms. The predicted molar refractivity (Wildman–Crippen MR) is 78.5 cm³/mol. The van der Waals surface area contributed by atoms with Crippen LogP contribution in [0.25, 0.3) is 11.4 Å². The Bertz CT molecular complexity index is 575. The molecule has 0 amide bonds. The second kappa shape index (κ2) is 5.63. The summed E-state index contributed by atoms with van der Waals surface area (Å²) in [6.07, 6.45) is 4.32. The smallest absolute Gasteiger partial charge is 0.163 e. The van der Waals surface area contributed by atoms with Gasteiger partial charge >= 0.3 is 0 Å². The number of benzene rings is 1. The van der Waals surface area contributed by atoms with E-state index in [2.05, 4.69) is 33.7 Å². The molecule has 0 bridgehead atoms. The van der Waals surface area contributed by atoms with Crippen LogP contribution in [0.15, 0.2) is 30.6 Å². The number of rotatable bonds is 5. The molecule has 106 valence electrons. The summed E-state index contributed by atoms with van der Waals surface area (Å²) in [6, 6.07) is 8.83. The quantitative estimate of drug-likeness (QED) is 0.908. The molecular formula is C15H20N4O. The highest BCUT2D eigenvalue weighted by molar-refractivity contribution is 5.62. The lowest BCUT2D eigenvalue weighted by atomic mass is 9.89. The number of hydrogen-bond donors (Lipinski definition) is 1. The van der Waals surface area contributed by atoms with E-state index in [1.807, 2.05) is 24.6 Å². The van der Waals surface area contributed by atoms with Crippen LogP contribution < -0.4 is 5.32 Å². The van der Waals surface area contributed by atoms with Crippen molar-refractivity contribution in [2.24, 2.45) is 7.05 Å². The van der Waals surface area contributed by atoms with Gasteiger partial charge in [-0.3, -0.25) is 0 Å². The van der Waals surface area contributed by atoms with Crippen LogP contribution in [0.2, 0.25) is 0 Å². The van der Waals surface area contributed by atoms with Crippen LogP contribution in [-0.4, -0.2) is 33.5 Å². The van der Waals surface area contributed by atoms with E-state index in [9.17, 15) is 0 Å². The van der Waals surface area contributed by atoms with Crippen LogP contribution in [0.1, 0.15) is 19.8 Å². The number of aryl methyl sites for hydroxylation is 1. The van der Waals surface area contributed by atoms with Crippen molar-refractivity contribution in [3.8, 4) is 11.4 Å². The summed E-state index contributed by atoms with van der Waals surface area (Å²) < 4.78 is 7.51. The Morgan fingerprint density at radius 2 is 2.25 bits per heavy atom. The average molecular weight is 272 g/mol. The van der Waals surface area contributed by atoms with Gasteiger partial charge in [-0.15, -0.1) is 10.2 Å². The normalized spacial score (nSPS) is 21.5. The minimum Gasteiger partial charge on any atom is -0.382 e. The molecule has 1 aromatic carbocycles. The topological polar surface area (TPSA) is 52.0 Å². The van der Waals surface area contributed by atoms with Crippen LogP contribution in [0.3, 0.4) is 0 Å². The van der Waals surface area contributed by atoms with Gasteiger partial charge in [-0.05, 0) is 31.9 Å². The first-order chi connectivity index (χ1) is 9.76. The standard InChI is InChI=1S/C15H20N4O/c1-3-20-14-8-13(9-14)17-12-6-4-5-11(7-12)15-18-16-10-19(15)2/h4-7,10,13-14,17H,3,8-9H2,1-2H3. The Morgan fingerprint density at radius 3 is 2.95 bits per heavy atom. The summed E-state index contributed by atoms with van der Waals surface area (Å²) in [6.45, 7) is 2.85. The first-order valence-electron chi connectivity index (χ1n) is 7.09. The number of nitrogens with one attached hydrogen (secondary N) is 1. The molecule has 0 atom stereocenters. The van der Waals surface area contributed by atoms with Crippen molar-refractivity contribution in [3.05, 3.63) is 30.6 Å². The van der Waals surface area contributed by atoms with Gasteiger partial charge in [0.25, 0.3) is 0 Å². The van der Waals surface area contributed by atoms with Crippen molar-refractivity contribution < 1.29 is 4.74 Å². The van der Waals surface area contributed by atoms with Gasteiger partial charge in [0, 0.05) is 30.9 Å². The monoisotopic (exact) mass is 272 g/mol. The van der Waals surface area contributed by atoms with E-state index < -0.39 is 0 Å². The van der Waals surface area contributed by atoms with Crippen LogP contribution in [0.4, 0.5) is 5.69 Å². The highest BCUT2D eigenvalue weighted by Crippen LogP contribution is 2.28. The van der Waals surface area contributed by atoms with Crippen molar-refractivity contribution in [2.45, 2.75) is 31.9 Å². The zero-order chi connectivity index (χ0) is 13.9. The maximum absolute atomic E-state index is 5.58. The molecule has 1 aliphatic carbocycles. The van der Waals surface area contributed by atoms with Crippen molar-refractivity contribution >= 4 is 5.69 Å². The Labute approximate surface area is 119 Å². The van der Waals surface area contributed by atoms with Crippen molar-refractivity contribution in [2.75, 3.05) is 11.9 Å². The lowest BCUT2D eigenvalue weighted by Crippen LogP contribution is -2.40. The summed E-state index contributed by atoms with van der Waals surface area (Å²) in [4.78, 5) is 0. The maximum atomic E-state index is 5.58. The number of ether oxygens (including phenoxy) is 1. The average Bonchev–Trinajstić information content (AvgIpc) is 2.83. The summed E-state index contributed by atoms with van der Waals surface area (Å²) in [5, 5.41) is 11.6. The molecule has 0 saturated heterocycles. The molecule has 1 saturated carbocycles. The lowest BCUT2D eigenvalue weighted by Gasteiger charge is -2.36. The lowest BCUT2D eigenvalue weighted by molar-refractivity contribution is 0.00299. The van der Waals surface area contributed by atoms with Gasteiger partial charge in [0.2, 0.25) is 0 Å². The molecule has 1 fully saturated rings. The minimum absolute atomic E-state index is 0.430. The number of hydrogen-bond acceptors (Lipinski definition) is 4. The predicted octanol–water partition coefficient (Wildman–Crippen LogP) is 2.46. The summed E-state index contributed by atoms with van der Waals surface area (Å²) in [5.41, 5.74) is 2.21. The first kappa shape index (κ1) is 13.1. The molecule has 1 aromatic heterocycles. The zero-order valence-corrected chi connectivity index (χ0v) is 11.9. The molecule has 0 unspecified atom stereocenters. The molecule has 0 spiro atoms. The number of anilines is 1. The largest absolute Gasteiger partial charge is 0.382 e. The van der Waals surface area contributed by atoms with E-state index >= 15 is 0 Å². The van der Waals surface area contributed by atoms with Crippen LogP contribution in [-0.2, 0) is 11.8 Å². The molecule has 1 heterocycles. The summed E-state index contributed by atoms with van der Waals surface area (Å²) in [5.74, 6) is 0.884. The van der Waals surface area contributed by atoms with Gasteiger partial charge < -0.3 is 14.6 Å². The van der Waals surface area contributed by atoms with Crippen molar-refractivity contribution in [1.82, 2.24) is 14.8 Å². The second-order valence-corrected chi connectivity index (χ2v) is 5.24. The van der Waals surface area contributed by atoms with E-state index in [4.69, 9.17) is 4.74 Å². The Balaban J connectivity index is 1.66. The van der Waals surface area contributed by atoms with Gasteiger partial charge in [-0.25, -0.2) is 0 Å².